The van der Waals surface area contributed by atoms with E-state index in [-0.39, 0.29) is 11.9 Å². The molecular formula is C11H10BrF4NO. The fourth-order valence-electron chi connectivity index (χ4n) is 1.38. The Kier molecular flexibility index (Phi) is 5.58. The minimum absolute atomic E-state index is 0.0148. The van der Waals surface area contributed by atoms with E-state index >= 15 is 0 Å². The SMILES string of the molecule is O=C(c1cc(F)ccc1F)N(CCBr)CC(F)F. The first-order chi connectivity index (χ1) is 8.45. The van der Waals surface area contributed by atoms with Crippen LogP contribution in [0, 0.1) is 11.6 Å². The summed E-state index contributed by atoms with van der Waals surface area (Å²) in [6.45, 7) is -0.834. The van der Waals surface area contributed by atoms with Crippen molar-refractivity contribution in [1.82, 2.24) is 4.90 Å². The van der Waals surface area contributed by atoms with E-state index in [1.54, 1.807) is 0 Å². The smallest absolute Gasteiger partial charge is 0.257 e. The van der Waals surface area contributed by atoms with Crippen LogP contribution in [0.4, 0.5) is 17.6 Å². The van der Waals surface area contributed by atoms with Crippen LogP contribution < -0.4 is 0 Å². The molecule has 0 heterocycles. The second kappa shape index (κ2) is 6.72. The van der Waals surface area contributed by atoms with Gasteiger partial charge < -0.3 is 4.90 Å². The number of alkyl halides is 3. The largest absolute Gasteiger partial charge is 0.332 e. The number of carbonyl (C=O) groups is 1. The zero-order valence-electron chi connectivity index (χ0n) is 9.18. The third-order valence-electron chi connectivity index (χ3n) is 2.16. The highest BCUT2D eigenvalue weighted by Crippen LogP contribution is 2.13. The van der Waals surface area contributed by atoms with Gasteiger partial charge in [-0.2, -0.15) is 0 Å². The van der Waals surface area contributed by atoms with E-state index in [2.05, 4.69) is 15.9 Å². The number of hydrogen-bond acceptors (Lipinski definition) is 1. The summed E-state index contributed by atoms with van der Waals surface area (Å²) in [5.74, 6) is -2.68. The summed E-state index contributed by atoms with van der Waals surface area (Å²) in [7, 11) is 0. The minimum atomic E-state index is -2.73. The lowest BCUT2D eigenvalue weighted by Crippen LogP contribution is -2.37. The average Bonchev–Trinajstić information content (AvgIpc) is 2.30. The van der Waals surface area contributed by atoms with Gasteiger partial charge in [0, 0.05) is 11.9 Å². The molecule has 7 heteroatoms. The van der Waals surface area contributed by atoms with Crippen molar-refractivity contribution in [3.05, 3.63) is 35.4 Å². The molecule has 0 saturated heterocycles. The quantitative estimate of drug-likeness (QED) is 0.601. The molecule has 0 fully saturated rings. The van der Waals surface area contributed by atoms with E-state index in [9.17, 15) is 22.4 Å². The summed E-state index contributed by atoms with van der Waals surface area (Å²) in [6.07, 6.45) is -2.73. The van der Waals surface area contributed by atoms with Crippen LogP contribution in [-0.2, 0) is 0 Å². The lowest BCUT2D eigenvalue weighted by Gasteiger charge is -2.21. The highest BCUT2D eigenvalue weighted by atomic mass is 79.9. The number of halogens is 5. The Morgan fingerprint density at radius 3 is 2.56 bits per heavy atom. The molecule has 1 aromatic rings. The molecule has 0 bridgehead atoms. The van der Waals surface area contributed by atoms with Crippen molar-refractivity contribution in [3.8, 4) is 0 Å². The Labute approximate surface area is 110 Å². The summed E-state index contributed by atoms with van der Waals surface area (Å²) >= 11 is 3.01. The second-order valence-electron chi connectivity index (χ2n) is 3.46. The van der Waals surface area contributed by atoms with Crippen molar-refractivity contribution in [3.63, 3.8) is 0 Å². The van der Waals surface area contributed by atoms with Crippen molar-refractivity contribution < 1.29 is 22.4 Å². The number of rotatable bonds is 5. The maximum absolute atomic E-state index is 13.3. The maximum atomic E-state index is 13.3. The predicted molar refractivity (Wildman–Crippen MR) is 62.1 cm³/mol. The Bertz CT molecular complexity index is 428. The van der Waals surface area contributed by atoms with E-state index in [1.807, 2.05) is 0 Å². The molecule has 0 N–H and O–H groups in total. The van der Waals surface area contributed by atoms with Crippen molar-refractivity contribution in [2.75, 3.05) is 18.4 Å². The molecule has 1 rings (SSSR count). The van der Waals surface area contributed by atoms with Crippen LogP contribution in [-0.4, -0.2) is 35.7 Å². The highest BCUT2D eigenvalue weighted by Gasteiger charge is 2.22. The molecule has 100 valence electrons. The summed E-state index contributed by atoms with van der Waals surface area (Å²) in [5.41, 5.74) is -0.545. The molecule has 2 nitrogen and oxygen atoms in total. The first-order valence-corrected chi connectivity index (χ1v) is 6.16. The van der Waals surface area contributed by atoms with Crippen molar-refractivity contribution >= 4 is 21.8 Å². The highest BCUT2D eigenvalue weighted by molar-refractivity contribution is 9.09. The number of carbonyl (C=O) groups excluding carboxylic acids is 1. The normalized spacial score (nSPS) is 10.8. The van der Waals surface area contributed by atoms with Crippen molar-refractivity contribution in [2.24, 2.45) is 0 Å². The Hall–Kier alpha value is -1.11. The number of benzene rings is 1. The fourth-order valence-corrected chi connectivity index (χ4v) is 1.80. The maximum Gasteiger partial charge on any atom is 0.257 e. The standard InChI is InChI=1S/C11H10BrF4NO/c12-3-4-17(6-10(15)16)11(18)8-5-7(13)1-2-9(8)14/h1-2,5,10H,3-4,6H2. The molecule has 18 heavy (non-hydrogen) atoms. The van der Waals surface area contributed by atoms with E-state index in [0.717, 1.165) is 17.0 Å². The third-order valence-corrected chi connectivity index (χ3v) is 2.51. The third kappa shape index (κ3) is 3.97. The van der Waals surface area contributed by atoms with Gasteiger partial charge in [0.1, 0.15) is 11.6 Å². The lowest BCUT2D eigenvalue weighted by atomic mass is 10.1. The van der Waals surface area contributed by atoms with Crippen LogP contribution in [0.3, 0.4) is 0 Å². The van der Waals surface area contributed by atoms with Gasteiger partial charge in [-0.05, 0) is 18.2 Å². The number of amides is 1. The van der Waals surface area contributed by atoms with Gasteiger partial charge in [-0.1, -0.05) is 15.9 Å². The molecular weight excluding hydrogens is 318 g/mol. The summed E-state index contributed by atoms with van der Waals surface area (Å²) < 4.78 is 50.8. The van der Waals surface area contributed by atoms with Gasteiger partial charge in [0.05, 0.1) is 12.1 Å². The van der Waals surface area contributed by atoms with E-state index < -0.39 is 36.1 Å². The number of nitrogens with zero attached hydrogens (tertiary/aromatic N) is 1. The van der Waals surface area contributed by atoms with Crippen LogP contribution in [0.15, 0.2) is 18.2 Å². The molecule has 0 aromatic heterocycles. The number of hydrogen-bond donors (Lipinski definition) is 0. The van der Waals surface area contributed by atoms with Gasteiger partial charge in [-0.25, -0.2) is 17.6 Å². The van der Waals surface area contributed by atoms with E-state index in [4.69, 9.17) is 0 Å². The van der Waals surface area contributed by atoms with Gasteiger partial charge in [-0.15, -0.1) is 0 Å². The zero-order chi connectivity index (χ0) is 13.7. The Morgan fingerprint density at radius 2 is 2.00 bits per heavy atom. The molecule has 0 aliphatic carbocycles. The summed E-state index contributed by atoms with van der Waals surface area (Å²) in [5, 5.41) is 0.266. The molecule has 1 aromatic carbocycles. The fraction of sp³-hybridized carbons (Fsp3) is 0.364. The summed E-state index contributed by atoms with van der Waals surface area (Å²) in [6, 6.07) is 2.34. The average molecular weight is 328 g/mol. The molecule has 0 saturated carbocycles. The zero-order valence-corrected chi connectivity index (χ0v) is 10.8. The molecule has 0 aliphatic heterocycles. The van der Waals surface area contributed by atoms with E-state index in [0.29, 0.717) is 6.07 Å². The first-order valence-electron chi connectivity index (χ1n) is 5.04. The lowest BCUT2D eigenvalue weighted by molar-refractivity contribution is 0.0568. The molecule has 0 aliphatic rings. The molecule has 1 amide bonds. The van der Waals surface area contributed by atoms with Crippen LogP contribution >= 0.6 is 15.9 Å². The molecule has 0 radical (unpaired) electrons. The molecule has 0 unspecified atom stereocenters. The predicted octanol–water partition coefficient (Wildman–Crippen LogP) is 3.07. The van der Waals surface area contributed by atoms with Crippen LogP contribution in [0.2, 0.25) is 0 Å². The second-order valence-corrected chi connectivity index (χ2v) is 4.25. The monoisotopic (exact) mass is 327 g/mol. The van der Waals surface area contributed by atoms with Gasteiger partial charge in [0.2, 0.25) is 0 Å². The van der Waals surface area contributed by atoms with Gasteiger partial charge in [-0.3, -0.25) is 4.79 Å². The van der Waals surface area contributed by atoms with Gasteiger partial charge in [0.15, 0.2) is 0 Å². The molecule has 0 spiro atoms. The van der Waals surface area contributed by atoms with Crippen LogP contribution in [0.1, 0.15) is 10.4 Å². The van der Waals surface area contributed by atoms with Gasteiger partial charge >= 0.3 is 0 Å². The van der Waals surface area contributed by atoms with Gasteiger partial charge in [0.25, 0.3) is 12.3 Å². The van der Waals surface area contributed by atoms with Crippen molar-refractivity contribution in [2.45, 2.75) is 6.43 Å². The van der Waals surface area contributed by atoms with Crippen LogP contribution in [0.25, 0.3) is 0 Å². The Morgan fingerprint density at radius 1 is 1.33 bits per heavy atom. The van der Waals surface area contributed by atoms with Crippen LogP contribution in [0.5, 0.6) is 0 Å². The minimum Gasteiger partial charge on any atom is -0.332 e. The van der Waals surface area contributed by atoms with Crippen molar-refractivity contribution in [1.29, 1.82) is 0 Å². The topological polar surface area (TPSA) is 20.3 Å². The van der Waals surface area contributed by atoms with E-state index in [1.165, 1.54) is 0 Å². The molecule has 0 atom stereocenters. The first kappa shape index (κ1) is 14.9. The Balaban J connectivity index is 2.97. The summed E-state index contributed by atoms with van der Waals surface area (Å²) in [4.78, 5) is 12.6.